The number of aromatic nitrogens is 1. The molecule has 0 saturated heterocycles. The van der Waals surface area contributed by atoms with Gasteiger partial charge in [0.25, 0.3) is 5.56 Å². The minimum Gasteiger partial charge on any atom is -0.322 e. The van der Waals surface area contributed by atoms with Crippen molar-refractivity contribution in [1.29, 1.82) is 0 Å². The SMILES string of the molecule is Bc1ccc2[nH]c(=O)c(Cc3ccccc3)cc2c1. The lowest BCUT2D eigenvalue weighted by Gasteiger charge is -2.04. The van der Waals surface area contributed by atoms with Crippen LogP contribution in [0.2, 0.25) is 0 Å². The zero-order valence-electron chi connectivity index (χ0n) is 10.8. The Kier molecular flexibility index (Phi) is 2.96. The smallest absolute Gasteiger partial charge is 0.251 e. The van der Waals surface area contributed by atoms with Crippen LogP contribution in [0.4, 0.5) is 0 Å². The van der Waals surface area contributed by atoms with Crippen molar-refractivity contribution in [3.05, 3.63) is 76.1 Å². The van der Waals surface area contributed by atoms with Crippen LogP contribution >= 0.6 is 0 Å². The summed E-state index contributed by atoms with van der Waals surface area (Å²) in [6, 6.07) is 18.1. The van der Waals surface area contributed by atoms with Crippen molar-refractivity contribution in [3.63, 3.8) is 0 Å². The van der Waals surface area contributed by atoms with Crippen molar-refractivity contribution in [1.82, 2.24) is 4.98 Å². The Bertz CT molecular complexity index is 778. The second kappa shape index (κ2) is 4.77. The molecule has 92 valence electrons. The van der Waals surface area contributed by atoms with Gasteiger partial charge >= 0.3 is 0 Å². The highest BCUT2D eigenvalue weighted by Gasteiger charge is 2.04. The Morgan fingerprint density at radius 2 is 1.79 bits per heavy atom. The number of fused-ring (bicyclic) bond motifs is 1. The van der Waals surface area contributed by atoms with Crippen LogP contribution in [0, 0.1) is 0 Å². The van der Waals surface area contributed by atoms with E-state index in [9.17, 15) is 4.79 Å². The van der Waals surface area contributed by atoms with E-state index in [1.165, 1.54) is 5.46 Å². The van der Waals surface area contributed by atoms with E-state index in [2.05, 4.69) is 18.9 Å². The molecular formula is C16H14BNO. The van der Waals surface area contributed by atoms with E-state index in [-0.39, 0.29) is 5.56 Å². The monoisotopic (exact) mass is 247 g/mol. The lowest BCUT2D eigenvalue weighted by molar-refractivity contribution is 1.12. The second-order valence-electron chi connectivity index (χ2n) is 4.88. The zero-order valence-corrected chi connectivity index (χ0v) is 10.8. The fourth-order valence-corrected chi connectivity index (χ4v) is 2.32. The Balaban J connectivity index is 2.08. The molecule has 1 aromatic heterocycles. The second-order valence-corrected chi connectivity index (χ2v) is 4.88. The highest BCUT2D eigenvalue weighted by molar-refractivity contribution is 6.33. The molecule has 3 rings (SSSR count). The molecule has 1 N–H and O–H groups in total. The fraction of sp³-hybridized carbons (Fsp3) is 0.0625. The highest BCUT2D eigenvalue weighted by Crippen LogP contribution is 2.12. The molecule has 0 aliphatic carbocycles. The maximum absolute atomic E-state index is 12.1. The maximum atomic E-state index is 12.1. The van der Waals surface area contributed by atoms with E-state index < -0.39 is 0 Å². The van der Waals surface area contributed by atoms with Gasteiger partial charge in [0, 0.05) is 17.5 Å². The summed E-state index contributed by atoms with van der Waals surface area (Å²) in [6.07, 6.45) is 0.667. The summed E-state index contributed by atoms with van der Waals surface area (Å²) < 4.78 is 0. The van der Waals surface area contributed by atoms with E-state index in [0.717, 1.165) is 22.0 Å². The van der Waals surface area contributed by atoms with Crippen LogP contribution in [-0.4, -0.2) is 12.8 Å². The minimum absolute atomic E-state index is 0.000191. The third-order valence-corrected chi connectivity index (χ3v) is 3.31. The molecule has 1 heterocycles. The fourth-order valence-electron chi connectivity index (χ4n) is 2.32. The minimum atomic E-state index is 0.000191. The van der Waals surface area contributed by atoms with Gasteiger partial charge < -0.3 is 4.98 Å². The van der Waals surface area contributed by atoms with E-state index in [4.69, 9.17) is 0 Å². The van der Waals surface area contributed by atoms with Crippen molar-refractivity contribution < 1.29 is 0 Å². The number of hydrogen-bond donors (Lipinski definition) is 1. The van der Waals surface area contributed by atoms with Crippen molar-refractivity contribution in [2.45, 2.75) is 6.42 Å². The molecule has 0 saturated carbocycles. The molecule has 2 nitrogen and oxygen atoms in total. The first-order valence-corrected chi connectivity index (χ1v) is 6.39. The lowest BCUT2D eigenvalue weighted by Crippen LogP contribution is -2.13. The predicted octanol–water partition coefficient (Wildman–Crippen LogP) is 1.38. The number of rotatable bonds is 2. The third-order valence-electron chi connectivity index (χ3n) is 3.31. The van der Waals surface area contributed by atoms with Crippen molar-refractivity contribution in [2.75, 3.05) is 0 Å². The molecule has 19 heavy (non-hydrogen) atoms. The summed E-state index contributed by atoms with van der Waals surface area (Å²) in [5, 5.41) is 1.09. The molecular weight excluding hydrogens is 233 g/mol. The van der Waals surface area contributed by atoms with Gasteiger partial charge in [-0.3, -0.25) is 4.79 Å². The van der Waals surface area contributed by atoms with Gasteiger partial charge in [0.2, 0.25) is 0 Å². The Morgan fingerprint density at radius 1 is 1.00 bits per heavy atom. The largest absolute Gasteiger partial charge is 0.322 e. The van der Waals surface area contributed by atoms with Crippen molar-refractivity contribution in [3.8, 4) is 0 Å². The number of nitrogens with one attached hydrogen (secondary N) is 1. The Hall–Kier alpha value is -2.29. The molecule has 0 unspecified atom stereocenters. The van der Waals surface area contributed by atoms with Gasteiger partial charge in [-0.2, -0.15) is 0 Å². The number of benzene rings is 2. The average molecular weight is 247 g/mol. The first-order chi connectivity index (χ1) is 9.22. The van der Waals surface area contributed by atoms with E-state index >= 15 is 0 Å². The molecule has 0 atom stereocenters. The zero-order chi connectivity index (χ0) is 13.2. The summed E-state index contributed by atoms with van der Waals surface area (Å²) in [6.45, 7) is 0. The van der Waals surface area contributed by atoms with Gasteiger partial charge in [-0.15, -0.1) is 0 Å². The van der Waals surface area contributed by atoms with E-state index in [0.29, 0.717) is 6.42 Å². The van der Waals surface area contributed by atoms with Gasteiger partial charge in [0.15, 0.2) is 0 Å². The predicted molar refractivity (Wildman–Crippen MR) is 82.0 cm³/mol. The summed E-state index contributed by atoms with van der Waals surface area (Å²) >= 11 is 0. The molecule has 0 amide bonds. The molecule has 3 heteroatoms. The van der Waals surface area contributed by atoms with E-state index in [1.54, 1.807) is 0 Å². The van der Waals surface area contributed by atoms with Gasteiger partial charge in [0.1, 0.15) is 7.85 Å². The molecule has 0 aliphatic heterocycles. The Morgan fingerprint density at radius 3 is 2.58 bits per heavy atom. The number of pyridine rings is 1. The van der Waals surface area contributed by atoms with Crippen LogP contribution in [0.25, 0.3) is 10.9 Å². The van der Waals surface area contributed by atoms with Gasteiger partial charge in [-0.25, -0.2) is 0 Å². The quantitative estimate of drug-likeness (QED) is 0.682. The van der Waals surface area contributed by atoms with Crippen LogP contribution in [-0.2, 0) is 6.42 Å². The first kappa shape index (κ1) is 11.8. The average Bonchev–Trinajstić information content (AvgIpc) is 2.41. The molecule has 0 aliphatic rings. The summed E-state index contributed by atoms with van der Waals surface area (Å²) in [7, 11) is 2.06. The normalized spacial score (nSPS) is 10.7. The van der Waals surface area contributed by atoms with Crippen LogP contribution in [0.5, 0.6) is 0 Å². The third kappa shape index (κ3) is 2.45. The standard InChI is InChI=1S/C16H14BNO/c17-14-6-7-15-12(10-14)9-13(16(19)18-15)8-11-4-2-1-3-5-11/h1-7,9-10H,8,17H2,(H,18,19). The van der Waals surface area contributed by atoms with Gasteiger partial charge in [0.05, 0.1) is 0 Å². The summed E-state index contributed by atoms with van der Waals surface area (Å²) in [5.74, 6) is 0. The Labute approximate surface area is 112 Å². The molecule has 0 spiro atoms. The van der Waals surface area contributed by atoms with Crippen LogP contribution in [0.1, 0.15) is 11.1 Å². The number of H-pyrrole nitrogens is 1. The first-order valence-electron chi connectivity index (χ1n) is 6.39. The van der Waals surface area contributed by atoms with Gasteiger partial charge in [-0.1, -0.05) is 47.9 Å². The molecule has 0 fully saturated rings. The van der Waals surface area contributed by atoms with Gasteiger partial charge in [-0.05, 0) is 23.1 Å². The van der Waals surface area contributed by atoms with Crippen molar-refractivity contribution in [2.24, 2.45) is 0 Å². The topological polar surface area (TPSA) is 32.9 Å². The van der Waals surface area contributed by atoms with E-state index in [1.807, 2.05) is 48.5 Å². The molecule has 0 radical (unpaired) electrons. The number of aromatic amines is 1. The van der Waals surface area contributed by atoms with Crippen LogP contribution < -0.4 is 11.0 Å². The van der Waals surface area contributed by atoms with Crippen LogP contribution in [0.3, 0.4) is 0 Å². The molecule has 0 bridgehead atoms. The number of hydrogen-bond acceptors (Lipinski definition) is 1. The highest BCUT2D eigenvalue weighted by atomic mass is 16.1. The lowest BCUT2D eigenvalue weighted by atomic mass is 9.94. The van der Waals surface area contributed by atoms with Crippen LogP contribution in [0.15, 0.2) is 59.4 Å². The molecule has 2 aromatic carbocycles. The summed E-state index contributed by atoms with van der Waals surface area (Å²) in [5.41, 5.74) is 4.06. The summed E-state index contributed by atoms with van der Waals surface area (Å²) in [4.78, 5) is 15.0. The van der Waals surface area contributed by atoms with Crippen molar-refractivity contribution >= 4 is 24.2 Å². The molecule has 3 aromatic rings. The maximum Gasteiger partial charge on any atom is 0.251 e.